The lowest BCUT2D eigenvalue weighted by molar-refractivity contribution is -0.141. The van der Waals surface area contributed by atoms with Gasteiger partial charge in [-0.15, -0.1) is 0 Å². The molecule has 0 radical (unpaired) electrons. The van der Waals surface area contributed by atoms with E-state index in [4.69, 9.17) is 10.5 Å². The van der Waals surface area contributed by atoms with Crippen LogP contribution in [0.1, 0.15) is 39.3 Å². The van der Waals surface area contributed by atoms with Gasteiger partial charge in [0.1, 0.15) is 11.3 Å². The summed E-state index contributed by atoms with van der Waals surface area (Å²) in [5.41, 5.74) is 3.60. The molecule has 0 atom stereocenters. The van der Waals surface area contributed by atoms with Crippen molar-refractivity contribution >= 4 is 17.7 Å². The zero-order valence-electron chi connectivity index (χ0n) is 17.0. The van der Waals surface area contributed by atoms with Gasteiger partial charge >= 0.3 is 12.3 Å². The zero-order chi connectivity index (χ0) is 22.0. The third kappa shape index (κ3) is 5.37. The molecule has 1 fully saturated rings. The predicted molar refractivity (Wildman–Crippen MR) is 101 cm³/mol. The number of piperidine rings is 1. The number of alkyl halides is 3. The topological polar surface area (TPSA) is 88.8 Å². The Morgan fingerprint density at radius 1 is 1.24 bits per heavy atom. The van der Waals surface area contributed by atoms with Crippen molar-refractivity contribution < 1.29 is 27.5 Å². The molecular weight excluding hydrogens is 389 g/mol. The van der Waals surface area contributed by atoms with Crippen molar-refractivity contribution in [2.45, 2.75) is 45.4 Å². The van der Waals surface area contributed by atoms with Crippen molar-refractivity contribution in [3.63, 3.8) is 0 Å². The van der Waals surface area contributed by atoms with Crippen LogP contribution in [0.25, 0.3) is 0 Å². The van der Waals surface area contributed by atoms with Crippen LogP contribution in [0, 0.1) is 5.41 Å². The Morgan fingerprint density at radius 3 is 2.24 bits per heavy atom. The van der Waals surface area contributed by atoms with Gasteiger partial charge in [-0.1, -0.05) is 0 Å². The molecule has 2 rings (SSSR count). The number of halogens is 3. The molecule has 0 unspecified atom stereocenters. The molecule has 0 bridgehead atoms. The molecular formula is C19H27F3N4O3. The summed E-state index contributed by atoms with van der Waals surface area (Å²) in [6.45, 7) is 5.99. The van der Waals surface area contributed by atoms with E-state index in [9.17, 15) is 22.8 Å². The highest BCUT2D eigenvalue weighted by Crippen LogP contribution is 2.35. The molecule has 1 aromatic rings. The van der Waals surface area contributed by atoms with Gasteiger partial charge in [0.25, 0.3) is 0 Å². The maximum absolute atomic E-state index is 13.1. The second kappa shape index (κ2) is 8.17. The fourth-order valence-electron chi connectivity index (χ4n) is 3.17. The number of carbonyl (C=O) groups excluding carboxylic acids is 2. The number of nitrogens with two attached hydrogens (primary N) is 1. The summed E-state index contributed by atoms with van der Waals surface area (Å²) in [5.74, 6) is -0.314. The highest BCUT2D eigenvalue weighted by molar-refractivity contribution is 5.97. The quantitative estimate of drug-likeness (QED) is 0.818. The Kier molecular flexibility index (Phi) is 6.46. The van der Waals surface area contributed by atoms with Gasteiger partial charge in [0, 0.05) is 26.7 Å². The van der Waals surface area contributed by atoms with Gasteiger partial charge in [-0.3, -0.25) is 4.79 Å². The molecule has 1 aliphatic rings. The lowest BCUT2D eigenvalue weighted by Gasteiger charge is -2.41. The van der Waals surface area contributed by atoms with Crippen LogP contribution < -0.4 is 10.6 Å². The summed E-state index contributed by atoms with van der Waals surface area (Å²) < 4.78 is 43.4. The van der Waals surface area contributed by atoms with E-state index in [-0.39, 0.29) is 18.1 Å². The molecule has 7 nitrogen and oxygen atoms in total. The van der Waals surface area contributed by atoms with E-state index in [1.54, 1.807) is 20.8 Å². The van der Waals surface area contributed by atoms with Crippen LogP contribution >= 0.6 is 0 Å². The molecule has 1 aliphatic heterocycles. The van der Waals surface area contributed by atoms with E-state index < -0.39 is 29.0 Å². The number of hydrogen-bond acceptors (Lipinski definition) is 5. The summed E-state index contributed by atoms with van der Waals surface area (Å²) in [7, 11) is 1.48. The molecule has 10 heteroatoms. The standard InChI is InChI=1S/C19H27F3N4O3/c1-17(2,3)29-16(28)26-9-7-18(12-23,8-10-26)15(27)25(4)13-5-6-14(24-11-13)19(20,21)22/h5-6,11H,7-10,12,23H2,1-4H3. The van der Waals surface area contributed by atoms with E-state index in [0.29, 0.717) is 25.9 Å². The Labute approximate surface area is 168 Å². The first-order valence-electron chi connectivity index (χ1n) is 9.28. The number of rotatable bonds is 3. The molecule has 0 spiro atoms. The summed E-state index contributed by atoms with van der Waals surface area (Å²) in [4.78, 5) is 31.5. The third-order valence-corrected chi connectivity index (χ3v) is 4.95. The Bertz CT molecular complexity index is 737. The van der Waals surface area contributed by atoms with E-state index in [0.717, 1.165) is 12.3 Å². The number of ether oxygens (including phenoxy) is 1. The SMILES string of the molecule is CN(C(=O)C1(CN)CCN(C(=O)OC(C)(C)C)CC1)c1ccc(C(F)(F)F)nc1. The predicted octanol–water partition coefficient (Wildman–Crippen LogP) is 3.04. The minimum atomic E-state index is -4.55. The molecule has 2 amide bonds. The van der Waals surface area contributed by atoms with Gasteiger partial charge < -0.3 is 20.3 Å². The van der Waals surface area contributed by atoms with E-state index >= 15 is 0 Å². The number of aromatic nitrogens is 1. The van der Waals surface area contributed by atoms with Crippen molar-refractivity contribution in [2.24, 2.45) is 11.1 Å². The minimum absolute atomic E-state index is 0.0619. The fourth-order valence-corrected chi connectivity index (χ4v) is 3.17. The molecule has 2 N–H and O–H groups in total. The number of likely N-dealkylation sites (tertiary alicyclic amines) is 1. The number of carbonyl (C=O) groups is 2. The van der Waals surface area contributed by atoms with E-state index in [1.807, 2.05) is 0 Å². The maximum Gasteiger partial charge on any atom is 0.433 e. The number of pyridine rings is 1. The Morgan fingerprint density at radius 2 is 1.83 bits per heavy atom. The lowest BCUT2D eigenvalue weighted by atomic mass is 9.77. The first kappa shape index (κ1) is 22.9. The van der Waals surface area contributed by atoms with Gasteiger partial charge in [0.2, 0.25) is 5.91 Å². The smallest absolute Gasteiger partial charge is 0.433 e. The van der Waals surface area contributed by atoms with Crippen LogP contribution in [-0.2, 0) is 15.7 Å². The molecule has 1 aromatic heterocycles. The van der Waals surface area contributed by atoms with Crippen molar-refractivity contribution in [2.75, 3.05) is 31.6 Å². The van der Waals surface area contributed by atoms with E-state index in [1.165, 1.54) is 22.9 Å². The highest BCUT2D eigenvalue weighted by atomic mass is 19.4. The second-order valence-electron chi connectivity index (χ2n) is 8.22. The second-order valence-corrected chi connectivity index (χ2v) is 8.22. The third-order valence-electron chi connectivity index (χ3n) is 4.95. The van der Waals surface area contributed by atoms with Crippen LogP contribution in [0.15, 0.2) is 18.3 Å². The zero-order valence-corrected chi connectivity index (χ0v) is 17.0. The van der Waals surface area contributed by atoms with Crippen LogP contribution in [0.3, 0.4) is 0 Å². The van der Waals surface area contributed by atoms with Crippen LogP contribution in [0.5, 0.6) is 0 Å². The average molecular weight is 416 g/mol. The van der Waals surface area contributed by atoms with Crippen molar-refractivity contribution in [1.82, 2.24) is 9.88 Å². The molecule has 0 aromatic carbocycles. The number of amides is 2. The minimum Gasteiger partial charge on any atom is -0.444 e. The normalized spacial score (nSPS) is 17.0. The lowest BCUT2D eigenvalue weighted by Crippen LogP contribution is -2.54. The van der Waals surface area contributed by atoms with Crippen LogP contribution in [0.2, 0.25) is 0 Å². The van der Waals surface area contributed by atoms with E-state index in [2.05, 4.69) is 4.98 Å². The largest absolute Gasteiger partial charge is 0.444 e. The van der Waals surface area contributed by atoms with Gasteiger partial charge in [0.15, 0.2) is 0 Å². The van der Waals surface area contributed by atoms with Crippen molar-refractivity contribution in [3.05, 3.63) is 24.0 Å². The number of anilines is 1. The summed E-state index contributed by atoms with van der Waals surface area (Å²) >= 11 is 0. The summed E-state index contributed by atoms with van der Waals surface area (Å²) in [6.07, 6.45) is -3.31. The van der Waals surface area contributed by atoms with Crippen LogP contribution in [0.4, 0.5) is 23.7 Å². The Balaban J connectivity index is 2.09. The molecule has 162 valence electrons. The molecule has 29 heavy (non-hydrogen) atoms. The monoisotopic (exact) mass is 416 g/mol. The maximum atomic E-state index is 13.1. The molecule has 1 saturated heterocycles. The average Bonchev–Trinajstić information content (AvgIpc) is 2.65. The van der Waals surface area contributed by atoms with Gasteiger partial charge in [0.05, 0.1) is 17.3 Å². The summed E-state index contributed by atoms with van der Waals surface area (Å²) in [5, 5.41) is 0. The Hall–Kier alpha value is -2.36. The number of nitrogens with zero attached hydrogens (tertiary/aromatic N) is 3. The van der Waals surface area contributed by atoms with Crippen LogP contribution in [-0.4, -0.2) is 54.2 Å². The first-order valence-corrected chi connectivity index (χ1v) is 9.28. The molecule has 2 heterocycles. The number of hydrogen-bond donors (Lipinski definition) is 1. The van der Waals surface area contributed by atoms with Crippen molar-refractivity contribution in [1.29, 1.82) is 0 Å². The fraction of sp³-hybridized carbons (Fsp3) is 0.632. The highest BCUT2D eigenvalue weighted by Gasteiger charge is 2.44. The summed E-state index contributed by atoms with van der Waals surface area (Å²) in [6, 6.07) is 2.03. The van der Waals surface area contributed by atoms with Gasteiger partial charge in [-0.05, 0) is 45.7 Å². The molecule has 0 aliphatic carbocycles. The first-order chi connectivity index (χ1) is 13.3. The molecule has 0 saturated carbocycles. The van der Waals surface area contributed by atoms with Gasteiger partial charge in [-0.2, -0.15) is 13.2 Å². The van der Waals surface area contributed by atoms with Gasteiger partial charge in [-0.25, -0.2) is 9.78 Å². The van der Waals surface area contributed by atoms with Crippen molar-refractivity contribution in [3.8, 4) is 0 Å².